The molecule has 0 aliphatic heterocycles. The van der Waals surface area contributed by atoms with Gasteiger partial charge in [-0.05, 0) is 64.0 Å². The first-order chi connectivity index (χ1) is 9.88. The second-order valence-electron chi connectivity index (χ2n) is 4.02. The largest absolute Gasteiger partial charge is 0.507 e. The predicted molar refractivity (Wildman–Crippen MR) is 80.1 cm³/mol. The van der Waals surface area contributed by atoms with Crippen LogP contribution in [0, 0.1) is 5.82 Å². The van der Waals surface area contributed by atoms with E-state index in [2.05, 4.69) is 21.0 Å². The van der Waals surface area contributed by atoms with Crippen LogP contribution in [0.25, 0.3) is 0 Å². The third-order valence-corrected chi connectivity index (χ3v) is 4.36. The van der Waals surface area contributed by atoms with Gasteiger partial charge in [-0.3, -0.25) is 0 Å². The van der Waals surface area contributed by atoms with Gasteiger partial charge in [-0.2, -0.15) is 13.5 Å². The normalized spacial score (nSPS) is 11.7. The predicted octanol–water partition coefficient (Wildman–Crippen LogP) is 2.61. The first-order valence-electron chi connectivity index (χ1n) is 5.67. The lowest BCUT2D eigenvalue weighted by atomic mass is 10.2. The lowest BCUT2D eigenvalue weighted by Gasteiger charge is -2.03. The summed E-state index contributed by atoms with van der Waals surface area (Å²) < 4.78 is 36.9. The molecule has 2 aromatic carbocycles. The van der Waals surface area contributed by atoms with Crippen molar-refractivity contribution in [2.45, 2.75) is 4.90 Å². The van der Waals surface area contributed by atoms with Gasteiger partial charge in [0.25, 0.3) is 10.0 Å². The Kier molecular flexibility index (Phi) is 4.59. The molecule has 0 fully saturated rings. The van der Waals surface area contributed by atoms with Crippen molar-refractivity contribution in [3.05, 3.63) is 58.3 Å². The zero-order chi connectivity index (χ0) is 15.5. The number of hydrogen-bond donors (Lipinski definition) is 2. The van der Waals surface area contributed by atoms with Crippen LogP contribution in [-0.2, 0) is 10.0 Å². The van der Waals surface area contributed by atoms with Crippen molar-refractivity contribution in [1.82, 2.24) is 4.83 Å². The maximum atomic E-state index is 12.7. The standard InChI is InChI=1S/C13H10BrFN2O3S/c14-12-7-9(1-6-13(12)18)8-16-17-21(19,20)11-4-2-10(15)3-5-11/h1-8,17-18H/b16-8+. The Hall–Kier alpha value is -1.93. The van der Waals surface area contributed by atoms with Gasteiger partial charge < -0.3 is 5.11 Å². The highest BCUT2D eigenvalue weighted by Gasteiger charge is 2.12. The third kappa shape index (κ3) is 4.02. The van der Waals surface area contributed by atoms with Gasteiger partial charge >= 0.3 is 0 Å². The summed E-state index contributed by atoms with van der Waals surface area (Å²) in [6.45, 7) is 0. The van der Waals surface area contributed by atoms with Crippen molar-refractivity contribution in [2.24, 2.45) is 5.10 Å². The van der Waals surface area contributed by atoms with Crippen LogP contribution in [-0.4, -0.2) is 19.7 Å². The molecule has 2 N–H and O–H groups in total. The van der Waals surface area contributed by atoms with Crippen LogP contribution in [0.15, 0.2) is 56.9 Å². The van der Waals surface area contributed by atoms with Crippen molar-refractivity contribution in [3.8, 4) is 5.75 Å². The van der Waals surface area contributed by atoms with E-state index < -0.39 is 15.8 Å². The Balaban J connectivity index is 2.12. The third-order valence-electron chi connectivity index (χ3n) is 2.48. The van der Waals surface area contributed by atoms with Crippen LogP contribution in [0.1, 0.15) is 5.56 Å². The van der Waals surface area contributed by atoms with E-state index in [1.807, 2.05) is 4.83 Å². The molecule has 0 amide bonds. The Morgan fingerprint density at radius 3 is 2.48 bits per heavy atom. The minimum absolute atomic E-state index is 0.0686. The van der Waals surface area contributed by atoms with E-state index in [0.717, 1.165) is 24.3 Å². The second-order valence-corrected chi connectivity index (χ2v) is 6.53. The lowest BCUT2D eigenvalue weighted by molar-refractivity contribution is 0.472. The molecule has 0 heterocycles. The molecule has 0 spiro atoms. The van der Waals surface area contributed by atoms with Gasteiger partial charge in [-0.15, -0.1) is 0 Å². The maximum absolute atomic E-state index is 12.7. The quantitative estimate of drug-likeness (QED) is 0.639. The molecule has 0 unspecified atom stereocenters. The van der Waals surface area contributed by atoms with E-state index in [1.165, 1.54) is 12.3 Å². The molecule has 0 aliphatic carbocycles. The Labute approximate surface area is 129 Å². The summed E-state index contributed by atoms with van der Waals surface area (Å²) in [6, 6.07) is 8.97. The number of sulfonamides is 1. The molecule has 2 rings (SSSR count). The highest BCUT2D eigenvalue weighted by Crippen LogP contribution is 2.23. The molecule has 0 bridgehead atoms. The van der Waals surface area contributed by atoms with Gasteiger partial charge in [-0.1, -0.05) is 0 Å². The average molecular weight is 373 g/mol. The summed E-state index contributed by atoms with van der Waals surface area (Å²) in [5, 5.41) is 13.0. The monoisotopic (exact) mass is 372 g/mol. The lowest BCUT2D eigenvalue weighted by Crippen LogP contribution is -2.18. The summed E-state index contributed by atoms with van der Waals surface area (Å²) in [5.41, 5.74) is 0.585. The van der Waals surface area contributed by atoms with Gasteiger partial charge in [0.15, 0.2) is 0 Å². The SMILES string of the molecule is O=S(=O)(N/N=C/c1ccc(O)c(Br)c1)c1ccc(F)cc1. The highest BCUT2D eigenvalue weighted by atomic mass is 79.9. The molecule has 0 saturated heterocycles. The van der Waals surface area contributed by atoms with Crippen LogP contribution in [0.2, 0.25) is 0 Å². The molecule has 0 atom stereocenters. The van der Waals surface area contributed by atoms with Gasteiger partial charge in [0.05, 0.1) is 15.6 Å². The number of aromatic hydroxyl groups is 1. The van der Waals surface area contributed by atoms with Crippen LogP contribution in [0.3, 0.4) is 0 Å². The fraction of sp³-hybridized carbons (Fsp3) is 0. The summed E-state index contributed by atoms with van der Waals surface area (Å²) in [6.07, 6.45) is 1.28. The van der Waals surface area contributed by atoms with E-state index >= 15 is 0 Å². The first kappa shape index (κ1) is 15.5. The number of nitrogens with zero attached hydrogens (tertiary/aromatic N) is 1. The van der Waals surface area contributed by atoms with Crippen molar-refractivity contribution in [3.63, 3.8) is 0 Å². The molecular weight excluding hydrogens is 363 g/mol. The molecule has 110 valence electrons. The summed E-state index contributed by atoms with van der Waals surface area (Å²) in [7, 11) is -3.84. The van der Waals surface area contributed by atoms with E-state index in [-0.39, 0.29) is 10.6 Å². The van der Waals surface area contributed by atoms with Gasteiger partial charge in [0.1, 0.15) is 11.6 Å². The topological polar surface area (TPSA) is 78.8 Å². The molecule has 8 heteroatoms. The molecule has 21 heavy (non-hydrogen) atoms. The van der Waals surface area contributed by atoms with Gasteiger partial charge in [0, 0.05) is 0 Å². The van der Waals surface area contributed by atoms with Crippen molar-refractivity contribution in [2.75, 3.05) is 0 Å². The summed E-state index contributed by atoms with van der Waals surface area (Å²) >= 11 is 3.14. The number of phenolic OH excluding ortho intramolecular Hbond substituents is 1. The Morgan fingerprint density at radius 1 is 1.19 bits per heavy atom. The Bertz CT molecular complexity index is 777. The van der Waals surface area contributed by atoms with Crippen LogP contribution in [0.5, 0.6) is 5.75 Å². The first-order valence-corrected chi connectivity index (χ1v) is 7.95. The Morgan fingerprint density at radius 2 is 1.86 bits per heavy atom. The number of phenols is 1. The maximum Gasteiger partial charge on any atom is 0.276 e. The van der Waals surface area contributed by atoms with Gasteiger partial charge in [-0.25, -0.2) is 9.22 Å². The van der Waals surface area contributed by atoms with Crippen molar-refractivity contribution < 1.29 is 17.9 Å². The number of hydrazone groups is 1. The smallest absolute Gasteiger partial charge is 0.276 e. The molecule has 2 aromatic rings. The fourth-order valence-corrected chi connectivity index (χ4v) is 2.63. The molecule has 5 nitrogen and oxygen atoms in total. The summed E-state index contributed by atoms with van der Waals surface area (Å²) in [5.74, 6) is -0.453. The van der Waals surface area contributed by atoms with Crippen LogP contribution >= 0.6 is 15.9 Å². The minimum Gasteiger partial charge on any atom is -0.507 e. The molecule has 0 aliphatic rings. The van der Waals surface area contributed by atoms with Crippen LogP contribution in [0.4, 0.5) is 4.39 Å². The molecule has 0 saturated carbocycles. The molecule has 0 aromatic heterocycles. The van der Waals surface area contributed by atoms with Crippen LogP contribution < -0.4 is 4.83 Å². The zero-order valence-electron chi connectivity index (χ0n) is 10.5. The molecular formula is C13H10BrFN2O3S. The fourth-order valence-electron chi connectivity index (χ4n) is 1.44. The number of halogens is 2. The molecule has 0 radical (unpaired) electrons. The zero-order valence-corrected chi connectivity index (χ0v) is 12.9. The summed E-state index contributed by atoms with van der Waals surface area (Å²) in [4.78, 5) is 1.93. The van der Waals surface area contributed by atoms with Gasteiger partial charge in [0.2, 0.25) is 0 Å². The number of rotatable bonds is 4. The van der Waals surface area contributed by atoms with E-state index in [0.29, 0.717) is 10.0 Å². The highest BCUT2D eigenvalue weighted by molar-refractivity contribution is 9.10. The average Bonchev–Trinajstić information content (AvgIpc) is 2.43. The number of nitrogens with one attached hydrogen (secondary N) is 1. The minimum atomic E-state index is -3.84. The second kappa shape index (κ2) is 6.23. The number of benzene rings is 2. The van der Waals surface area contributed by atoms with E-state index in [4.69, 9.17) is 0 Å². The van der Waals surface area contributed by atoms with Crippen molar-refractivity contribution in [1.29, 1.82) is 0 Å². The van der Waals surface area contributed by atoms with Crippen molar-refractivity contribution >= 4 is 32.2 Å². The van der Waals surface area contributed by atoms with E-state index in [1.54, 1.807) is 12.1 Å². The van der Waals surface area contributed by atoms with E-state index in [9.17, 15) is 17.9 Å². The number of hydrogen-bond acceptors (Lipinski definition) is 4.